The minimum atomic E-state index is 0.821. The van der Waals surface area contributed by atoms with Crippen molar-refractivity contribution in [3.8, 4) is 0 Å². The fourth-order valence-electron chi connectivity index (χ4n) is 1.72. The molecule has 1 saturated heterocycles. The van der Waals surface area contributed by atoms with Crippen LogP contribution in [0.2, 0.25) is 0 Å². The predicted molar refractivity (Wildman–Crippen MR) is 64.7 cm³/mol. The van der Waals surface area contributed by atoms with Gasteiger partial charge in [-0.15, -0.1) is 0 Å². The number of ether oxygens (including phenoxy) is 1. The van der Waals surface area contributed by atoms with E-state index in [0.29, 0.717) is 0 Å². The number of rotatable bonds is 2. The van der Waals surface area contributed by atoms with Gasteiger partial charge in [-0.25, -0.2) is 0 Å². The standard InChI is InChI=1S/C11H15BrN2O/c12-11-2-1-10(13)7-9(11)8-14-3-5-15-6-4-14/h1-2,7H,3-6,8,13H2. The lowest BCUT2D eigenvalue weighted by Crippen LogP contribution is -2.35. The Kier molecular flexibility index (Phi) is 3.61. The lowest BCUT2D eigenvalue weighted by atomic mass is 10.2. The van der Waals surface area contributed by atoms with Gasteiger partial charge in [-0.3, -0.25) is 4.90 Å². The van der Waals surface area contributed by atoms with Gasteiger partial charge in [0.1, 0.15) is 0 Å². The number of benzene rings is 1. The molecule has 4 heteroatoms. The Morgan fingerprint density at radius 2 is 2.07 bits per heavy atom. The Bertz CT molecular complexity index is 337. The Morgan fingerprint density at radius 1 is 1.33 bits per heavy atom. The molecule has 0 aliphatic carbocycles. The number of nitrogens with zero attached hydrogens (tertiary/aromatic N) is 1. The zero-order chi connectivity index (χ0) is 10.7. The van der Waals surface area contributed by atoms with Crippen molar-refractivity contribution >= 4 is 21.6 Å². The fraction of sp³-hybridized carbons (Fsp3) is 0.455. The first-order chi connectivity index (χ1) is 7.25. The van der Waals surface area contributed by atoms with Crippen molar-refractivity contribution in [2.75, 3.05) is 32.0 Å². The molecule has 0 radical (unpaired) electrons. The summed E-state index contributed by atoms with van der Waals surface area (Å²) in [7, 11) is 0. The van der Waals surface area contributed by atoms with Gasteiger partial charge in [0, 0.05) is 29.8 Å². The van der Waals surface area contributed by atoms with Gasteiger partial charge in [0.05, 0.1) is 13.2 Å². The zero-order valence-electron chi connectivity index (χ0n) is 8.58. The molecule has 2 rings (SSSR count). The number of hydrogen-bond acceptors (Lipinski definition) is 3. The number of morpholine rings is 1. The summed E-state index contributed by atoms with van der Waals surface area (Å²) in [6, 6.07) is 5.94. The number of halogens is 1. The summed E-state index contributed by atoms with van der Waals surface area (Å²) in [5.74, 6) is 0. The molecular formula is C11H15BrN2O. The Hall–Kier alpha value is -0.580. The zero-order valence-corrected chi connectivity index (χ0v) is 10.2. The van der Waals surface area contributed by atoms with Crippen LogP contribution in [-0.2, 0) is 11.3 Å². The van der Waals surface area contributed by atoms with Gasteiger partial charge in [-0.05, 0) is 23.8 Å². The summed E-state index contributed by atoms with van der Waals surface area (Å²) in [6.45, 7) is 4.61. The first-order valence-electron chi connectivity index (χ1n) is 5.10. The van der Waals surface area contributed by atoms with Crippen LogP contribution in [0.3, 0.4) is 0 Å². The first-order valence-corrected chi connectivity index (χ1v) is 5.89. The van der Waals surface area contributed by atoms with Crippen LogP contribution in [0.25, 0.3) is 0 Å². The molecule has 0 unspecified atom stereocenters. The second-order valence-electron chi connectivity index (χ2n) is 3.74. The molecule has 2 N–H and O–H groups in total. The average molecular weight is 271 g/mol. The highest BCUT2D eigenvalue weighted by Crippen LogP contribution is 2.21. The van der Waals surface area contributed by atoms with Crippen molar-refractivity contribution in [2.24, 2.45) is 0 Å². The maximum atomic E-state index is 5.77. The van der Waals surface area contributed by atoms with E-state index in [1.165, 1.54) is 5.56 Å². The van der Waals surface area contributed by atoms with Gasteiger partial charge in [0.2, 0.25) is 0 Å². The summed E-state index contributed by atoms with van der Waals surface area (Å²) < 4.78 is 6.44. The Balaban J connectivity index is 2.05. The molecule has 1 aliphatic heterocycles. The maximum Gasteiger partial charge on any atom is 0.0594 e. The van der Waals surface area contributed by atoms with Gasteiger partial charge in [0.15, 0.2) is 0 Å². The first kappa shape index (κ1) is 10.9. The number of hydrogen-bond donors (Lipinski definition) is 1. The Morgan fingerprint density at radius 3 is 2.80 bits per heavy atom. The fourth-order valence-corrected chi connectivity index (χ4v) is 2.09. The van der Waals surface area contributed by atoms with E-state index >= 15 is 0 Å². The average Bonchev–Trinajstić information content (AvgIpc) is 2.25. The van der Waals surface area contributed by atoms with Crippen molar-refractivity contribution in [1.29, 1.82) is 0 Å². The van der Waals surface area contributed by atoms with E-state index in [1.807, 2.05) is 18.2 Å². The summed E-state index contributed by atoms with van der Waals surface area (Å²) >= 11 is 3.54. The molecule has 0 saturated carbocycles. The Labute approximate surface area is 98.3 Å². The molecule has 1 aromatic carbocycles. The van der Waals surface area contributed by atoms with Crippen molar-refractivity contribution in [3.05, 3.63) is 28.2 Å². The topological polar surface area (TPSA) is 38.5 Å². The summed E-state index contributed by atoms with van der Waals surface area (Å²) in [4.78, 5) is 2.38. The van der Waals surface area contributed by atoms with E-state index in [-0.39, 0.29) is 0 Å². The third-order valence-corrected chi connectivity index (χ3v) is 3.34. The minimum absolute atomic E-state index is 0.821. The van der Waals surface area contributed by atoms with Crippen molar-refractivity contribution in [3.63, 3.8) is 0 Å². The van der Waals surface area contributed by atoms with E-state index < -0.39 is 0 Å². The second-order valence-corrected chi connectivity index (χ2v) is 4.59. The molecule has 0 atom stereocenters. The summed E-state index contributed by atoms with van der Waals surface area (Å²) in [5, 5.41) is 0. The molecule has 3 nitrogen and oxygen atoms in total. The largest absolute Gasteiger partial charge is 0.399 e. The molecule has 1 aromatic rings. The number of nitrogen functional groups attached to an aromatic ring is 1. The van der Waals surface area contributed by atoms with Gasteiger partial charge < -0.3 is 10.5 Å². The number of anilines is 1. The quantitative estimate of drug-likeness (QED) is 0.834. The third kappa shape index (κ3) is 2.93. The SMILES string of the molecule is Nc1ccc(Br)c(CN2CCOCC2)c1. The van der Waals surface area contributed by atoms with Crippen LogP contribution in [0.5, 0.6) is 0 Å². The third-order valence-electron chi connectivity index (χ3n) is 2.57. The molecule has 0 aromatic heterocycles. The summed E-state index contributed by atoms with van der Waals surface area (Å²) in [6.07, 6.45) is 0. The lowest BCUT2D eigenvalue weighted by Gasteiger charge is -2.27. The van der Waals surface area contributed by atoms with Gasteiger partial charge in [-0.1, -0.05) is 15.9 Å². The lowest BCUT2D eigenvalue weighted by molar-refractivity contribution is 0.0341. The van der Waals surface area contributed by atoms with Crippen molar-refractivity contribution < 1.29 is 4.74 Å². The molecule has 15 heavy (non-hydrogen) atoms. The van der Waals surface area contributed by atoms with Crippen molar-refractivity contribution in [1.82, 2.24) is 4.90 Å². The molecule has 0 amide bonds. The molecule has 1 heterocycles. The molecular weight excluding hydrogens is 256 g/mol. The number of nitrogens with two attached hydrogens (primary N) is 1. The van der Waals surface area contributed by atoms with Crippen LogP contribution in [0.15, 0.2) is 22.7 Å². The minimum Gasteiger partial charge on any atom is -0.399 e. The van der Waals surface area contributed by atoms with Crippen molar-refractivity contribution in [2.45, 2.75) is 6.54 Å². The molecule has 0 spiro atoms. The van der Waals surface area contributed by atoms with Gasteiger partial charge in [-0.2, -0.15) is 0 Å². The van der Waals surface area contributed by atoms with Crippen LogP contribution in [0.1, 0.15) is 5.56 Å². The van der Waals surface area contributed by atoms with E-state index in [0.717, 1.165) is 43.0 Å². The highest BCUT2D eigenvalue weighted by Gasteiger charge is 2.12. The predicted octanol–water partition coefficient (Wildman–Crippen LogP) is 1.86. The molecule has 1 fully saturated rings. The van der Waals surface area contributed by atoms with Crippen LogP contribution < -0.4 is 5.73 Å². The van der Waals surface area contributed by atoms with Gasteiger partial charge in [0.25, 0.3) is 0 Å². The molecule has 1 aliphatic rings. The highest BCUT2D eigenvalue weighted by molar-refractivity contribution is 9.10. The van der Waals surface area contributed by atoms with E-state index in [1.54, 1.807) is 0 Å². The molecule has 82 valence electrons. The van der Waals surface area contributed by atoms with Crippen LogP contribution in [-0.4, -0.2) is 31.2 Å². The van der Waals surface area contributed by atoms with Gasteiger partial charge >= 0.3 is 0 Å². The second kappa shape index (κ2) is 4.96. The summed E-state index contributed by atoms with van der Waals surface area (Å²) in [5.41, 5.74) is 7.84. The normalized spacial score (nSPS) is 17.9. The van der Waals surface area contributed by atoms with Crippen LogP contribution in [0, 0.1) is 0 Å². The maximum absolute atomic E-state index is 5.77. The van der Waals surface area contributed by atoms with Crippen LogP contribution in [0.4, 0.5) is 5.69 Å². The van der Waals surface area contributed by atoms with E-state index in [9.17, 15) is 0 Å². The highest BCUT2D eigenvalue weighted by atomic mass is 79.9. The van der Waals surface area contributed by atoms with E-state index in [2.05, 4.69) is 20.8 Å². The van der Waals surface area contributed by atoms with E-state index in [4.69, 9.17) is 10.5 Å². The molecule has 0 bridgehead atoms. The smallest absolute Gasteiger partial charge is 0.0594 e. The monoisotopic (exact) mass is 270 g/mol. The van der Waals surface area contributed by atoms with Crippen LogP contribution >= 0.6 is 15.9 Å².